The number of aliphatic hydroxyl groups is 5. The molecule has 0 radical (unpaired) electrons. The van der Waals surface area contributed by atoms with Crippen molar-refractivity contribution in [1.82, 2.24) is 4.90 Å². The first-order valence-electron chi connectivity index (χ1n) is 20.2. The van der Waals surface area contributed by atoms with Crippen molar-refractivity contribution in [2.45, 2.75) is 87.5 Å². The van der Waals surface area contributed by atoms with Crippen LogP contribution in [-0.2, 0) is 42.5 Å². The average Bonchev–Trinajstić information content (AvgIpc) is 3.66. The quantitative estimate of drug-likeness (QED) is 0.108. The van der Waals surface area contributed by atoms with Crippen LogP contribution < -0.4 is 20.1 Å². The van der Waals surface area contributed by atoms with Gasteiger partial charge in [0.1, 0.15) is 24.1 Å². The number of rotatable bonds is 13. The number of nitrogens with one attached hydrogen (secondary N) is 1. The summed E-state index contributed by atoms with van der Waals surface area (Å²) in [7, 11) is -1.02. The predicted octanol–water partition coefficient (Wildman–Crippen LogP) is 3.26. The summed E-state index contributed by atoms with van der Waals surface area (Å²) >= 11 is 6.70. The Kier molecular flexibility index (Phi) is 13.1. The van der Waals surface area contributed by atoms with Crippen LogP contribution in [0.1, 0.15) is 30.0 Å². The Labute approximate surface area is 360 Å². The molecule has 61 heavy (non-hydrogen) atoms. The number of fused-ring (bicyclic) bond motifs is 2. The van der Waals surface area contributed by atoms with Crippen molar-refractivity contribution in [3.63, 3.8) is 0 Å². The van der Waals surface area contributed by atoms with E-state index in [1.54, 1.807) is 59.4 Å². The van der Waals surface area contributed by atoms with Crippen LogP contribution in [0.5, 0.6) is 5.75 Å². The van der Waals surface area contributed by atoms with E-state index in [4.69, 9.17) is 25.8 Å². The zero-order valence-corrected chi connectivity index (χ0v) is 36.1. The third kappa shape index (κ3) is 8.46. The minimum Gasteiger partial charge on any atom is -0.497 e. The molecular weight excluding hydrogens is 822 g/mol. The van der Waals surface area contributed by atoms with Crippen molar-refractivity contribution in [2.75, 3.05) is 30.5 Å². The molecule has 9 atom stereocenters. The summed E-state index contributed by atoms with van der Waals surface area (Å²) in [6.07, 6.45) is -9.72. The average molecular weight is 874 g/mol. The van der Waals surface area contributed by atoms with E-state index >= 15 is 4.79 Å². The van der Waals surface area contributed by atoms with Gasteiger partial charge in [0, 0.05) is 35.3 Å². The van der Waals surface area contributed by atoms with Gasteiger partial charge in [0.15, 0.2) is 18.0 Å². The molecule has 324 valence electrons. The van der Waals surface area contributed by atoms with E-state index in [0.29, 0.717) is 34.1 Å². The highest BCUT2D eigenvalue weighted by Crippen LogP contribution is 2.60. The number of nitrogens with zero attached hydrogens (tertiary/aromatic N) is 2. The summed E-state index contributed by atoms with van der Waals surface area (Å²) in [6, 6.07) is 29.4. The molecule has 1 spiro atoms. The molecule has 3 heterocycles. The van der Waals surface area contributed by atoms with Crippen LogP contribution >= 0.6 is 11.6 Å². The van der Waals surface area contributed by atoms with Gasteiger partial charge < -0.3 is 54.9 Å². The molecule has 14 nitrogen and oxygen atoms in total. The molecule has 3 aliphatic rings. The lowest BCUT2D eigenvalue weighted by molar-refractivity contribution is -0.274. The molecule has 0 unspecified atom stereocenters. The summed E-state index contributed by atoms with van der Waals surface area (Å²) < 4.78 is 17.7. The molecule has 0 aromatic heterocycles. The maximum Gasteiger partial charge on any atom is 0.264 e. The Morgan fingerprint density at radius 1 is 0.918 bits per heavy atom. The molecule has 3 aliphatic heterocycles. The summed E-state index contributed by atoms with van der Waals surface area (Å²) in [5.41, 5.74) is 1.19. The van der Waals surface area contributed by atoms with Crippen LogP contribution in [0.25, 0.3) is 0 Å². The Hall–Kier alpha value is -4.68. The fraction of sp³-hybridized carbons (Fsp3) is 0.400. The number of carbonyl (C=O) groups excluding carboxylic acids is 3. The fourth-order valence-electron chi connectivity index (χ4n) is 9.38. The second kappa shape index (κ2) is 18.0. The first-order chi connectivity index (χ1) is 29.1. The summed E-state index contributed by atoms with van der Waals surface area (Å²) in [5, 5.41) is 54.5. The lowest BCUT2D eigenvalue weighted by Gasteiger charge is -2.37. The van der Waals surface area contributed by atoms with Gasteiger partial charge in [0.25, 0.3) is 11.8 Å². The van der Waals surface area contributed by atoms with Gasteiger partial charge in [-0.15, -0.1) is 0 Å². The number of aliphatic hydroxyl groups excluding tert-OH is 5. The van der Waals surface area contributed by atoms with Crippen LogP contribution in [0.3, 0.4) is 0 Å². The van der Waals surface area contributed by atoms with Gasteiger partial charge >= 0.3 is 0 Å². The van der Waals surface area contributed by atoms with Crippen molar-refractivity contribution in [2.24, 2.45) is 5.92 Å². The first kappa shape index (κ1) is 44.4. The van der Waals surface area contributed by atoms with E-state index in [9.17, 15) is 35.1 Å². The molecule has 16 heteroatoms. The number of halogens is 1. The van der Waals surface area contributed by atoms with Gasteiger partial charge in [-0.3, -0.25) is 14.4 Å². The minimum atomic E-state index is -2.63. The van der Waals surface area contributed by atoms with E-state index in [0.717, 1.165) is 10.8 Å². The number of benzene rings is 4. The molecule has 7 rings (SSSR count). The lowest BCUT2D eigenvalue weighted by atomic mass is 9.82. The van der Waals surface area contributed by atoms with Crippen molar-refractivity contribution in [3.8, 4) is 5.75 Å². The number of amides is 3. The van der Waals surface area contributed by atoms with Crippen molar-refractivity contribution >= 4 is 54.0 Å². The van der Waals surface area contributed by atoms with E-state index in [-0.39, 0.29) is 49.2 Å². The topological polar surface area (TPSA) is 199 Å². The monoisotopic (exact) mass is 873 g/mol. The Morgan fingerprint density at radius 2 is 1.62 bits per heavy atom. The smallest absolute Gasteiger partial charge is 0.264 e. The van der Waals surface area contributed by atoms with Crippen LogP contribution in [0.15, 0.2) is 97.1 Å². The van der Waals surface area contributed by atoms with Crippen molar-refractivity contribution in [3.05, 3.63) is 119 Å². The van der Waals surface area contributed by atoms with Crippen LogP contribution in [-0.4, -0.2) is 113 Å². The predicted molar refractivity (Wildman–Crippen MR) is 230 cm³/mol. The highest BCUT2D eigenvalue weighted by atomic mass is 35.5. The number of anilines is 2. The largest absolute Gasteiger partial charge is 0.497 e. The standard InChI is InChI=1S/C45H52ClN3O11Si/c1-26-41(61(3,4)32-16-14-31(58-2)15-17-32)35(23-36(51)48(19-20-50)24-27-9-6-5-7-10-27)60-45(26)33-22-29(46)13-18-34(33)49(44(45)57)25-28-11-8-12-30(21-28)47-42(55)40-38(53)37(52)39(54)43(56)59-40/h5-18,21-22,26,35,37-41,43,50,52-54,56H,19-20,23-25H2,1-4H3,(H,47,55)/t26-,35+,37-,38-,39+,40-,41-,43+,45+/m0/s1. The van der Waals surface area contributed by atoms with Crippen molar-refractivity contribution in [1.29, 1.82) is 0 Å². The maximum absolute atomic E-state index is 15.4. The molecule has 0 aliphatic carbocycles. The van der Waals surface area contributed by atoms with Gasteiger partial charge in [-0.1, -0.05) is 91.4 Å². The molecule has 6 N–H and O–H groups in total. The zero-order valence-electron chi connectivity index (χ0n) is 34.3. The zero-order chi connectivity index (χ0) is 43.8. The normalized spacial score (nSPS) is 27.2. The minimum absolute atomic E-state index is 0.0342. The summed E-state index contributed by atoms with van der Waals surface area (Å²) in [4.78, 5) is 46.2. The third-order valence-electron chi connectivity index (χ3n) is 12.5. The van der Waals surface area contributed by atoms with Gasteiger partial charge in [0.2, 0.25) is 5.91 Å². The van der Waals surface area contributed by atoms with Crippen LogP contribution in [0, 0.1) is 5.92 Å². The maximum atomic E-state index is 15.4. The van der Waals surface area contributed by atoms with E-state index in [2.05, 4.69) is 18.4 Å². The summed E-state index contributed by atoms with van der Waals surface area (Å²) in [5.74, 6) is -1.14. The number of carbonyl (C=O) groups is 3. The highest BCUT2D eigenvalue weighted by Gasteiger charge is 2.66. The number of ether oxygens (including phenoxy) is 3. The second-order valence-electron chi connectivity index (χ2n) is 16.5. The molecule has 3 amide bonds. The van der Waals surface area contributed by atoms with Crippen LogP contribution in [0.2, 0.25) is 23.7 Å². The molecule has 0 bridgehead atoms. The third-order valence-corrected chi connectivity index (χ3v) is 17.1. The van der Waals surface area contributed by atoms with E-state index in [1.807, 2.05) is 61.5 Å². The van der Waals surface area contributed by atoms with Gasteiger partial charge in [0.05, 0.1) is 46.5 Å². The fourth-order valence-corrected chi connectivity index (χ4v) is 13.6. The summed E-state index contributed by atoms with van der Waals surface area (Å²) in [6.45, 7) is 6.71. The molecule has 2 saturated heterocycles. The number of methoxy groups -OCH3 is 1. The van der Waals surface area contributed by atoms with Crippen LogP contribution in [0.4, 0.5) is 11.4 Å². The Bertz CT molecular complexity index is 2230. The molecule has 0 saturated carbocycles. The SMILES string of the molecule is COc1ccc([Si](C)(C)[C@@H]2[C@@H](CC(=O)N(CCO)Cc3ccccc3)O[C@]3(C(=O)N(Cc4cccc(NC(=O)[C@H]5O[C@@H](O)[C@H](O)[C@@H](O)[C@@H]5O)c4)c4ccc(Cl)cc43)[C@H]2C)cc1. The van der Waals surface area contributed by atoms with E-state index < -0.39 is 62.3 Å². The van der Waals surface area contributed by atoms with Gasteiger partial charge in [-0.2, -0.15) is 0 Å². The molecule has 4 aromatic rings. The Balaban J connectivity index is 1.22. The number of hydrogen-bond acceptors (Lipinski definition) is 11. The Morgan fingerprint density at radius 3 is 2.31 bits per heavy atom. The molecule has 4 aromatic carbocycles. The lowest BCUT2D eigenvalue weighted by Crippen LogP contribution is -2.60. The van der Waals surface area contributed by atoms with Crippen molar-refractivity contribution < 1.29 is 54.1 Å². The number of hydrogen-bond donors (Lipinski definition) is 6. The molecular formula is C45H52ClN3O11Si. The van der Waals surface area contributed by atoms with Gasteiger partial charge in [-0.05, 0) is 59.1 Å². The van der Waals surface area contributed by atoms with E-state index in [1.165, 1.54) is 0 Å². The first-order valence-corrected chi connectivity index (χ1v) is 23.7. The van der Waals surface area contributed by atoms with Gasteiger partial charge in [-0.25, -0.2) is 0 Å². The highest BCUT2D eigenvalue weighted by molar-refractivity contribution is 6.91. The second-order valence-corrected chi connectivity index (χ2v) is 21.7. The molecule has 2 fully saturated rings.